The Balaban J connectivity index is 0. The predicted octanol–water partition coefficient (Wildman–Crippen LogP) is 1.11. The average molecular weight is 295 g/mol. The maximum absolute atomic E-state index is 10.8. The van der Waals surface area contributed by atoms with E-state index in [0.717, 1.165) is 24.3 Å². The molecule has 0 bridgehead atoms. The SMILES string of the molecule is Cc1ccc(NCCCNC(=O)CN)nc1.Cl.Cl. The number of pyridine rings is 1. The second kappa shape index (κ2) is 11.1. The first-order valence-electron chi connectivity index (χ1n) is 5.35. The molecule has 0 saturated carbocycles. The van der Waals surface area contributed by atoms with E-state index in [1.54, 1.807) is 0 Å². The lowest BCUT2D eigenvalue weighted by atomic mass is 10.3. The molecule has 104 valence electrons. The largest absolute Gasteiger partial charge is 0.370 e. The summed E-state index contributed by atoms with van der Waals surface area (Å²) in [5, 5.41) is 5.87. The molecule has 0 aliphatic heterocycles. The van der Waals surface area contributed by atoms with Crippen molar-refractivity contribution in [3.05, 3.63) is 23.9 Å². The number of nitrogens with two attached hydrogens (primary N) is 1. The molecule has 1 heterocycles. The molecule has 0 unspecified atom stereocenters. The van der Waals surface area contributed by atoms with Crippen molar-refractivity contribution in [1.82, 2.24) is 10.3 Å². The highest BCUT2D eigenvalue weighted by molar-refractivity contribution is 5.85. The summed E-state index contributed by atoms with van der Waals surface area (Å²) in [5.41, 5.74) is 6.29. The van der Waals surface area contributed by atoms with E-state index in [0.29, 0.717) is 6.54 Å². The van der Waals surface area contributed by atoms with E-state index in [-0.39, 0.29) is 37.3 Å². The number of carbonyl (C=O) groups is 1. The van der Waals surface area contributed by atoms with Crippen LogP contribution in [0, 0.1) is 6.92 Å². The molecule has 1 aromatic rings. The molecule has 0 aliphatic rings. The number of hydrogen-bond acceptors (Lipinski definition) is 4. The molecule has 0 saturated heterocycles. The van der Waals surface area contributed by atoms with E-state index in [1.807, 2.05) is 25.3 Å². The molecule has 0 aromatic carbocycles. The van der Waals surface area contributed by atoms with E-state index in [1.165, 1.54) is 0 Å². The fourth-order valence-electron chi connectivity index (χ4n) is 1.18. The van der Waals surface area contributed by atoms with Crippen LogP contribution in [0.4, 0.5) is 5.82 Å². The lowest BCUT2D eigenvalue weighted by Gasteiger charge is -2.06. The Morgan fingerprint density at radius 3 is 2.61 bits per heavy atom. The molecule has 0 fully saturated rings. The van der Waals surface area contributed by atoms with Crippen LogP contribution in [0.3, 0.4) is 0 Å². The average Bonchev–Trinajstić information content (AvgIpc) is 2.31. The number of anilines is 1. The van der Waals surface area contributed by atoms with E-state index >= 15 is 0 Å². The van der Waals surface area contributed by atoms with Crippen LogP contribution >= 0.6 is 24.8 Å². The van der Waals surface area contributed by atoms with Crippen molar-refractivity contribution in [3.8, 4) is 0 Å². The van der Waals surface area contributed by atoms with Gasteiger partial charge in [0.25, 0.3) is 0 Å². The predicted molar refractivity (Wildman–Crippen MR) is 78.6 cm³/mol. The van der Waals surface area contributed by atoms with E-state index < -0.39 is 0 Å². The van der Waals surface area contributed by atoms with Crippen LogP contribution in [-0.2, 0) is 4.79 Å². The zero-order chi connectivity index (χ0) is 11.8. The van der Waals surface area contributed by atoms with Crippen LogP contribution in [-0.4, -0.2) is 30.5 Å². The number of amides is 1. The summed E-state index contributed by atoms with van der Waals surface area (Å²) in [6.07, 6.45) is 2.67. The van der Waals surface area contributed by atoms with Gasteiger partial charge in [0.15, 0.2) is 0 Å². The fraction of sp³-hybridized carbons (Fsp3) is 0.455. The number of halogens is 2. The Kier molecular flexibility index (Phi) is 11.9. The Bertz CT molecular complexity index is 332. The minimum atomic E-state index is -0.117. The third-order valence-corrected chi connectivity index (χ3v) is 2.08. The van der Waals surface area contributed by atoms with E-state index in [2.05, 4.69) is 15.6 Å². The molecule has 18 heavy (non-hydrogen) atoms. The van der Waals surface area contributed by atoms with Gasteiger partial charge in [-0.1, -0.05) is 6.07 Å². The zero-order valence-electron chi connectivity index (χ0n) is 10.3. The summed E-state index contributed by atoms with van der Waals surface area (Å²) in [4.78, 5) is 15.0. The summed E-state index contributed by atoms with van der Waals surface area (Å²) in [6, 6.07) is 3.94. The number of carbonyl (C=O) groups excluding carboxylic acids is 1. The molecule has 7 heteroatoms. The normalized spacial score (nSPS) is 8.78. The van der Waals surface area contributed by atoms with Crippen molar-refractivity contribution in [1.29, 1.82) is 0 Å². The highest BCUT2D eigenvalue weighted by atomic mass is 35.5. The smallest absolute Gasteiger partial charge is 0.233 e. The van der Waals surface area contributed by atoms with Crippen LogP contribution in [0.1, 0.15) is 12.0 Å². The van der Waals surface area contributed by atoms with Gasteiger partial charge in [-0.2, -0.15) is 0 Å². The molecule has 1 amide bonds. The summed E-state index contributed by atoms with van der Waals surface area (Å²) in [7, 11) is 0. The molecule has 4 N–H and O–H groups in total. The maximum atomic E-state index is 10.8. The Morgan fingerprint density at radius 2 is 2.06 bits per heavy atom. The van der Waals surface area contributed by atoms with Gasteiger partial charge in [-0.25, -0.2) is 4.98 Å². The molecule has 5 nitrogen and oxygen atoms in total. The number of nitrogens with zero attached hydrogens (tertiary/aromatic N) is 1. The highest BCUT2D eigenvalue weighted by Crippen LogP contribution is 2.03. The maximum Gasteiger partial charge on any atom is 0.233 e. The molecule has 1 rings (SSSR count). The summed E-state index contributed by atoms with van der Waals surface area (Å²) < 4.78 is 0. The van der Waals surface area contributed by atoms with Gasteiger partial charge in [0.05, 0.1) is 6.54 Å². The summed E-state index contributed by atoms with van der Waals surface area (Å²) in [5.74, 6) is 0.740. The van der Waals surface area contributed by atoms with Crippen LogP contribution in [0.15, 0.2) is 18.3 Å². The standard InChI is InChI=1S/C11H18N4O.2ClH/c1-9-3-4-10(15-8-9)13-5-2-6-14-11(16)7-12;;/h3-4,8H,2,5-7,12H2,1H3,(H,13,15)(H,14,16);2*1H. The summed E-state index contributed by atoms with van der Waals surface area (Å²) >= 11 is 0. The Morgan fingerprint density at radius 1 is 1.33 bits per heavy atom. The van der Waals surface area contributed by atoms with Crippen molar-refractivity contribution in [2.24, 2.45) is 5.73 Å². The van der Waals surface area contributed by atoms with Gasteiger partial charge in [0, 0.05) is 19.3 Å². The van der Waals surface area contributed by atoms with Gasteiger partial charge in [0.2, 0.25) is 5.91 Å². The van der Waals surface area contributed by atoms with Crippen molar-refractivity contribution in [3.63, 3.8) is 0 Å². The van der Waals surface area contributed by atoms with Gasteiger partial charge in [0.1, 0.15) is 5.82 Å². The first kappa shape index (κ1) is 19.3. The van der Waals surface area contributed by atoms with Crippen molar-refractivity contribution < 1.29 is 4.79 Å². The summed E-state index contributed by atoms with van der Waals surface area (Å²) in [6.45, 7) is 3.46. The second-order valence-corrected chi connectivity index (χ2v) is 3.56. The second-order valence-electron chi connectivity index (χ2n) is 3.56. The number of nitrogens with one attached hydrogen (secondary N) is 2. The van der Waals surface area contributed by atoms with Gasteiger partial charge >= 0.3 is 0 Å². The first-order valence-corrected chi connectivity index (χ1v) is 5.35. The molecule has 0 atom stereocenters. The lowest BCUT2D eigenvalue weighted by molar-refractivity contribution is -0.119. The molecule has 0 aliphatic carbocycles. The highest BCUT2D eigenvalue weighted by Gasteiger charge is 1.96. The molecular weight excluding hydrogens is 275 g/mol. The fourth-order valence-corrected chi connectivity index (χ4v) is 1.18. The number of aromatic nitrogens is 1. The minimum Gasteiger partial charge on any atom is -0.370 e. The quantitative estimate of drug-likeness (QED) is 0.687. The number of aryl methyl sites for hydroxylation is 1. The van der Waals surface area contributed by atoms with Crippen LogP contribution in [0.2, 0.25) is 0 Å². The van der Waals surface area contributed by atoms with Crippen molar-refractivity contribution in [2.45, 2.75) is 13.3 Å². The van der Waals surface area contributed by atoms with Gasteiger partial charge < -0.3 is 16.4 Å². The number of hydrogen-bond donors (Lipinski definition) is 3. The molecule has 0 spiro atoms. The third kappa shape index (κ3) is 8.11. The van der Waals surface area contributed by atoms with Crippen LogP contribution < -0.4 is 16.4 Å². The molecular formula is C11H20Cl2N4O. The van der Waals surface area contributed by atoms with Gasteiger partial charge in [-0.15, -0.1) is 24.8 Å². The third-order valence-electron chi connectivity index (χ3n) is 2.08. The Labute approximate surface area is 120 Å². The first-order chi connectivity index (χ1) is 7.72. The van der Waals surface area contributed by atoms with Gasteiger partial charge in [-0.05, 0) is 25.0 Å². The topological polar surface area (TPSA) is 80.0 Å². The minimum absolute atomic E-state index is 0. The van der Waals surface area contributed by atoms with E-state index in [9.17, 15) is 4.79 Å². The van der Waals surface area contributed by atoms with Crippen molar-refractivity contribution in [2.75, 3.05) is 25.0 Å². The Hall–Kier alpha value is -1.04. The lowest BCUT2D eigenvalue weighted by Crippen LogP contribution is -2.31. The zero-order valence-corrected chi connectivity index (χ0v) is 11.9. The van der Waals surface area contributed by atoms with Gasteiger partial charge in [-0.3, -0.25) is 4.79 Å². The van der Waals surface area contributed by atoms with Crippen molar-refractivity contribution >= 4 is 36.5 Å². The van der Waals surface area contributed by atoms with Crippen LogP contribution in [0.5, 0.6) is 0 Å². The van der Waals surface area contributed by atoms with Crippen LogP contribution in [0.25, 0.3) is 0 Å². The number of rotatable bonds is 6. The molecule has 1 aromatic heterocycles. The molecule has 0 radical (unpaired) electrons. The monoisotopic (exact) mass is 294 g/mol. The van der Waals surface area contributed by atoms with E-state index in [4.69, 9.17) is 5.73 Å².